The number of carbonyl (C=O) groups is 1. The van der Waals surface area contributed by atoms with Crippen molar-refractivity contribution in [2.75, 3.05) is 39.8 Å². The van der Waals surface area contributed by atoms with E-state index in [1.54, 1.807) is 18.2 Å². The number of hydrogen-bond acceptors (Lipinski definition) is 4. The van der Waals surface area contributed by atoms with Crippen LogP contribution in [0.5, 0.6) is 0 Å². The van der Waals surface area contributed by atoms with E-state index in [-0.39, 0.29) is 6.10 Å². The third-order valence-corrected chi connectivity index (χ3v) is 4.12. The molecule has 1 atom stereocenters. The van der Waals surface area contributed by atoms with Crippen molar-refractivity contribution >= 4 is 29.2 Å². The van der Waals surface area contributed by atoms with Gasteiger partial charge in [0.05, 0.1) is 10.6 Å². The predicted molar refractivity (Wildman–Crippen MR) is 85.3 cm³/mol. The Balaban J connectivity index is 1.87. The highest BCUT2D eigenvalue weighted by atomic mass is 35.5. The molecule has 1 aliphatic heterocycles. The maximum atomic E-state index is 12.1. The van der Waals surface area contributed by atoms with Gasteiger partial charge in [0.25, 0.3) is 0 Å². The second-order valence-electron chi connectivity index (χ2n) is 5.44. The minimum atomic E-state index is -0.404. The van der Waals surface area contributed by atoms with Gasteiger partial charge in [-0.15, -0.1) is 0 Å². The van der Waals surface area contributed by atoms with E-state index < -0.39 is 5.97 Å². The molecule has 0 aromatic heterocycles. The van der Waals surface area contributed by atoms with E-state index in [2.05, 4.69) is 16.8 Å². The molecule has 1 saturated heterocycles. The van der Waals surface area contributed by atoms with E-state index in [9.17, 15) is 4.79 Å². The van der Waals surface area contributed by atoms with Gasteiger partial charge in [0.1, 0.15) is 6.10 Å². The van der Waals surface area contributed by atoms with Gasteiger partial charge in [-0.2, -0.15) is 0 Å². The first-order valence-electron chi connectivity index (χ1n) is 7.02. The van der Waals surface area contributed by atoms with Crippen molar-refractivity contribution in [1.29, 1.82) is 0 Å². The van der Waals surface area contributed by atoms with Crippen LogP contribution in [-0.4, -0.2) is 61.6 Å². The van der Waals surface area contributed by atoms with Gasteiger partial charge in [0.2, 0.25) is 0 Å². The summed E-state index contributed by atoms with van der Waals surface area (Å²) in [6.07, 6.45) is -0.173. The SMILES string of the molecule is C[C@H](CN1CCN(C)CC1)OC(=O)c1ccc(Cl)cc1Cl. The second kappa shape index (κ2) is 7.45. The fraction of sp³-hybridized carbons (Fsp3) is 0.533. The van der Waals surface area contributed by atoms with E-state index >= 15 is 0 Å². The summed E-state index contributed by atoms with van der Waals surface area (Å²) in [6, 6.07) is 4.77. The van der Waals surface area contributed by atoms with Gasteiger partial charge in [0.15, 0.2) is 0 Å². The summed E-state index contributed by atoms with van der Waals surface area (Å²) in [5, 5.41) is 0.821. The first-order chi connectivity index (χ1) is 9.95. The Kier molecular flexibility index (Phi) is 5.88. The van der Waals surface area contributed by atoms with Crippen molar-refractivity contribution in [3.05, 3.63) is 33.8 Å². The highest BCUT2D eigenvalue weighted by molar-refractivity contribution is 6.36. The number of carbonyl (C=O) groups excluding carboxylic acids is 1. The van der Waals surface area contributed by atoms with Gasteiger partial charge < -0.3 is 9.64 Å². The fourth-order valence-corrected chi connectivity index (χ4v) is 2.82. The van der Waals surface area contributed by atoms with Crippen LogP contribution in [0.3, 0.4) is 0 Å². The summed E-state index contributed by atoms with van der Waals surface area (Å²) in [6.45, 7) is 6.73. The molecule has 0 N–H and O–H groups in total. The Morgan fingerprint density at radius 1 is 1.29 bits per heavy atom. The molecule has 0 spiro atoms. The molecule has 4 nitrogen and oxygen atoms in total. The molecule has 0 unspecified atom stereocenters. The molecular formula is C15H20Cl2N2O2. The smallest absolute Gasteiger partial charge is 0.339 e. The number of nitrogens with zero attached hydrogens (tertiary/aromatic N) is 2. The largest absolute Gasteiger partial charge is 0.458 e. The third kappa shape index (κ3) is 4.85. The molecule has 0 aliphatic carbocycles. The van der Waals surface area contributed by atoms with Crippen LogP contribution in [0, 0.1) is 0 Å². The van der Waals surface area contributed by atoms with Gasteiger partial charge in [-0.1, -0.05) is 23.2 Å². The summed E-state index contributed by atoms with van der Waals surface area (Å²) < 4.78 is 5.46. The van der Waals surface area contributed by atoms with Crippen molar-refractivity contribution in [1.82, 2.24) is 9.80 Å². The third-order valence-electron chi connectivity index (χ3n) is 3.57. The molecule has 1 aliphatic rings. The molecule has 0 saturated carbocycles. The summed E-state index contributed by atoms with van der Waals surface area (Å²) in [7, 11) is 2.11. The fourth-order valence-electron chi connectivity index (χ4n) is 2.33. The molecule has 0 radical (unpaired) electrons. The minimum absolute atomic E-state index is 0.173. The summed E-state index contributed by atoms with van der Waals surface area (Å²) in [4.78, 5) is 16.7. The van der Waals surface area contributed by atoms with Crippen LogP contribution in [0.15, 0.2) is 18.2 Å². The van der Waals surface area contributed by atoms with E-state index in [0.29, 0.717) is 15.6 Å². The summed E-state index contributed by atoms with van der Waals surface area (Å²) in [5.41, 5.74) is 0.353. The lowest BCUT2D eigenvalue weighted by Gasteiger charge is -2.33. The lowest BCUT2D eigenvalue weighted by molar-refractivity contribution is 0.0207. The van der Waals surface area contributed by atoms with Crippen LogP contribution in [0.1, 0.15) is 17.3 Å². The number of esters is 1. The van der Waals surface area contributed by atoms with Crippen LogP contribution in [0.2, 0.25) is 10.0 Å². The monoisotopic (exact) mass is 330 g/mol. The van der Waals surface area contributed by atoms with E-state index in [1.165, 1.54) is 0 Å². The van der Waals surface area contributed by atoms with Gasteiger partial charge >= 0.3 is 5.97 Å². The normalized spacial score (nSPS) is 18.5. The molecule has 0 amide bonds. The van der Waals surface area contributed by atoms with Crippen molar-refractivity contribution in [3.63, 3.8) is 0 Å². The van der Waals surface area contributed by atoms with Crippen molar-refractivity contribution in [2.24, 2.45) is 0 Å². The number of hydrogen-bond donors (Lipinski definition) is 0. The van der Waals surface area contributed by atoms with Crippen LogP contribution in [0.4, 0.5) is 0 Å². The molecule has 1 fully saturated rings. The molecule has 2 rings (SSSR count). The zero-order valence-electron chi connectivity index (χ0n) is 12.3. The summed E-state index contributed by atoms with van der Waals surface area (Å²) in [5.74, 6) is -0.404. The first-order valence-corrected chi connectivity index (χ1v) is 7.78. The van der Waals surface area contributed by atoms with E-state index in [1.807, 2.05) is 6.92 Å². The van der Waals surface area contributed by atoms with Crippen molar-refractivity contribution < 1.29 is 9.53 Å². The lowest BCUT2D eigenvalue weighted by atomic mass is 10.2. The second-order valence-corrected chi connectivity index (χ2v) is 6.29. The minimum Gasteiger partial charge on any atom is -0.458 e. The quantitative estimate of drug-likeness (QED) is 0.795. The van der Waals surface area contributed by atoms with Gasteiger partial charge in [0, 0.05) is 37.7 Å². The summed E-state index contributed by atoms with van der Waals surface area (Å²) >= 11 is 11.8. The highest BCUT2D eigenvalue weighted by Gasteiger charge is 2.20. The van der Waals surface area contributed by atoms with E-state index in [0.717, 1.165) is 32.7 Å². The number of piperazine rings is 1. The highest BCUT2D eigenvalue weighted by Crippen LogP contribution is 2.22. The van der Waals surface area contributed by atoms with Crippen LogP contribution >= 0.6 is 23.2 Å². The maximum absolute atomic E-state index is 12.1. The number of rotatable bonds is 4. The first kappa shape index (κ1) is 16.6. The zero-order valence-corrected chi connectivity index (χ0v) is 13.8. The Labute approximate surface area is 135 Å². The molecule has 1 heterocycles. The number of benzene rings is 1. The average Bonchev–Trinajstić information content (AvgIpc) is 2.41. The molecule has 116 valence electrons. The molecule has 1 aromatic rings. The van der Waals surface area contributed by atoms with Crippen molar-refractivity contribution in [3.8, 4) is 0 Å². The predicted octanol–water partition coefficient (Wildman–Crippen LogP) is 2.79. The van der Waals surface area contributed by atoms with E-state index in [4.69, 9.17) is 27.9 Å². The molecule has 21 heavy (non-hydrogen) atoms. The lowest BCUT2D eigenvalue weighted by Crippen LogP contribution is -2.47. The topological polar surface area (TPSA) is 32.8 Å². The van der Waals surface area contributed by atoms with Crippen LogP contribution < -0.4 is 0 Å². The van der Waals surface area contributed by atoms with Crippen LogP contribution in [-0.2, 0) is 4.74 Å². The Morgan fingerprint density at radius 2 is 1.95 bits per heavy atom. The van der Waals surface area contributed by atoms with Gasteiger partial charge in [-0.3, -0.25) is 4.90 Å². The molecule has 1 aromatic carbocycles. The van der Waals surface area contributed by atoms with Gasteiger partial charge in [-0.25, -0.2) is 4.79 Å². The Hall–Kier alpha value is -0.810. The molecule has 0 bridgehead atoms. The molecule has 6 heteroatoms. The molecular weight excluding hydrogens is 311 g/mol. The van der Waals surface area contributed by atoms with Crippen LogP contribution in [0.25, 0.3) is 0 Å². The Morgan fingerprint density at radius 3 is 2.57 bits per heavy atom. The Bertz CT molecular complexity index is 502. The number of ether oxygens (including phenoxy) is 1. The maximum Gasteiger partial charge on any atom is 0.339 e. The van der Waals surface area contributed by atoms with Crippen molar-refractivity contribution in [2.45, 2.75) is 13.0 Å². The van der Waals surface area contributed by atoms with Gasteiger partial charge in [-0.05, 0) is 32.2 Å². The average molecular weight is 331 g/mol. The zero-order chi connectivity index (χ0) is 15.4. The number of likely N-dealkylation sites (N-methyl/N-ethyl adjacent to an activating group) is 1. The standard InChI is InChI=1S/C15H20Cl2N2O2/c1-11(10-19-7-5-18(2)6-8-19)21-15(20)13-4-3-12(16)9-14(13)17/h3-4,9,11H,5-8,10H2,1-2H3/t11-/m1/s1. The number of halogens is 2.